The highest BCUT2D eigenvalue weighted by Crippen LogP contribution is 2.30. The van der Waals surface area contributed by atoms with Crippen LogP contribution in [0.2, 0.25) is 0 Å². The molecular weight excluding hydrogens is 231 g/mol. The number of nitrogens with one attached hydrogen (secondary N) is 1. The number of rotatable bonds is 8. The molecule has 0 aliphatic heterocycles. The largest absolute Gasteiger partial charge is 0.496 e. The second-order valence-electron chi connectivity index (χ2n) is 4.42. The SMILES string of the molecule is CCCCCCC(NN)c1c(F)cccc1OC. The first-order valence-electron chi connectivity index (χ1n) is 6.53. The standard InChI is InChI=1S/C14H23FN2O/c1-3-4-5-6-9-12(17-16)14-11(15)8-7-10-13(14)18-2/h7-8,10,12,17H,3-6,9,16H2,1-2H3. The highest BCUT2D eigenvalue weighted by molar-refractivity contribution is 5.37. The number of hydrogen-bond acceptors (Lipinski definition) is 3. The molecule has 1 rings (SSSR count). The van der Waals surface area contributed by atoms with Gasteiger partial charge in [-0.25, -0.2) is 4.39 Å². The number of nitrogens with two attached hydrogens (primary N) is 1. The first-order chi connectivity index (χ1) is 8.74. The number of hydrazine groups is 1. The molecule has 0 amide bonds. The fourth-order valence-corrected chi connectivity index (χ4v) is 2.12. The molecule has 0 fully saturated rings. The van der Waals surface area contributed by atoms with Crippen LogP contribution in [0.15, 0.2) is 18.2 Å². The van der Waals surface area contributed by atoms with Gasteiger partial charge in [0.25, 0.3) is 0 Å². The van der Waals surface area contributed by atoms with Gasteiger partial charge in [0, 0.05) is 5.56 Å². The summed E-state index contributed by atoms with van der Waals surface area (Å²) in [6.45, 7) is 2.17. The summed E-state index contributed by atoms with van der Waals surface area (Å²) in [6.07, 6.45) is 5.37. The third-order valence-corrected chi connectivity index (χ3v) is 3.13. The van der Waals surface area contributed by atoms with Gasteiger partial charge < -0.3 is 4.74 Å². The molecule has 1 unspecified atom stereocenters. The fraction of sp³-hybridized carbons (Fsp3) is 0.571. The number of hydrogen-bond donors (Lipinski definition) is 2. The van der Waals surface area contributed by atoms with Crippen molar-refractivity contribution >= 4 is 0 Å². The summed E-state index contributed by atoms with van der Waals surface area (Å²) in [7, 11) is 1.54. The zero-order chi connectivity index (χ0) is 13.4. The third kappa shape index (κ3) is 3.96. The Bertz CT molecular complexity index is 358. The lowest BCUT2D eigenvalue weighted by atomic mass is 9.99. The van der Waals surface area contributed by atoms with Crippen molar-refractivity contribution in [3.8, 4) is 5.75 Å². The van der Waals surface area contributed by atoms with Crippen LogP contribution in [-0.2, 0) is 0 Å². The molecule has 0 aliphatic carbocycles. The van der Waals surface area contributed by atoms with E-state index in [0.29, 0.717) is 11.3 Å². The second kappa shape index (κ2) is 8.06. The molecule has 0 radical (unpaired) electrons. The fourth-order valence-electron chi connectivity index (χ4n) is 2.12. The molecule has 1 atom stereocenters. The molecule has 102 valence electrons. The minimum Gasteiger partial charge on any atom is -0.496 e. The molecule has 0 aromatic heterocycles. The molecule has 0 saturated heterocycles. The van der Waals surface area contributed by atoms with Crippen molar-refractivity contribution in [3.63, 3.8) is 0 Å². The number of halogens is 1. The van der Waals surface area contributed by atoms with Crippen LogP contribution in [0.4, 0.5) is 4.39 Å². The van der Waals surface area contributed by atoms with Gasteiger partial charge in [-0.05, 0) is 18.6 Å². The molecule has 0 saturated carbocycles. The van der Waals surface area contributed by atoms with Crippen LogP contribution in [0.1, 0.15) is 50.6 Å². The molecule has 0 heterocycles. The van der Waals surface area contributed by atoms with Gasteiger partial charge in [-0.1, -0.05) is 38.7 Å². The van der Waals surface area contributed by atoms with E-state index >= 15 is 0 Å². The number of unbranched alkanes of at least 4 members (excludes halogenated alkanes) is 3. The van der Waals surface area contributed by atoms with Gasteiger partial charge in [-0.15, -0.1) is 0 Å². The summed E-state index contributed by atoms with van der Waals surface area (Å²) in [5.41, 5.74) is 3.22. The van der Waals surface area contributed by atoms with Crippen LogP contribution >= 0.6 is 0 Å². The van der Waals surface area contributed by atoms with Gasteiger partial charge in [0.15, 0.2) is 0 Å². The average molecular weight is 254 g/mol. The van der Waals surface area contributed by atoms with E-state index in [-0.39, 0.29) is 11.9 Å². The lowest BCUT2D eigenvalue weighted by Crippen LogP contribution is -2.29. The molecule has 1 aromatic carbocycles. The van der Waals surface area contributed by atoms with Gasteiger partial charge in [0.2, 0.25) is 0 Å². The minimum atomic E-state index is -0.271. The highest BCUT2D eigenvalue weighted by atomic mass is 19.1. The van der Waals surface area contributed by atoms with Crippen LogP contribution in [-0.4, -0.2) is 7.11 Å². The smallest absolute Gasteiger partial charge is 0.131 e. The quantitative estimate of drug-likeness (QED) is 0.425. The first kappa shape index (κ1) is 14.9. The third-order valence-electron chi connectivity index (χ3n) is 3.13. The van der Waals surface area contributed by atoms with Crippen LogP contribution in [0, 0.1) is 5.82 Å². The van der Waals surface area contributed by atoms with Gasteiger partial charge >= 0.3 is 0 Å². The maximum atomic E-state index is 13.9. The normalized spacial score (nSPS) is 12.4. The molecule has 0 aliphatic rings. The summed E-state index contributed by atoms with van der Waals surface area (Å²) in [5, 5.41) is 0. The lowest BCUT2D eigenvalue weighted by Gasteiger charge is -2.19. The Kier molecular flexibility index (Phi) is 6.68. The van der Waals surface area contributed by atoms with E-state index in [4.69, 9.17) is 10.6 Å². The van der Waals surface area contributed by atoms with E-state index < -0.39 is 0 Å². The van der Waals surface area contributed by atoms with E-state index in [9.17, 15) is 4.39 Å². The predicted octanol–water partition coefficient (Wildman–Crippen LogP) is 3.31. The number of ether oxygens (including phenoxy) is 1. The predicted molar refractivity (Wildman–Crippen MR) is 71.8 cm³/mol. The molecule has 0 bridgehead atoms. The maximum Gasteiger partial charge on any atom is 0.131 e. The summed E-state index contributed by atoms with van der Waals surface area (Å²) in [4.78, 5) is 0. The lowest BCUT2D eigenvalue weighted by molar-refractivity contribution is 0.382. The van der Waals surface area contributed by atoms with Crippen LogP contribution in [0.25, 0.3) is 0 Å². The van der Waals surface area contributed by atoms with Gasteiger partial charge in [-0.3, -0.25) is 11.3 Å². The molecular formula is C14H23FN2O. The Labute approximate surface area is 108 Å². The van der Waals surface area contributed by atoms with Gasteiger partial charge in [0.1, 0.15) is 11.6 Å². The van der Waals surface area contributed by atoms with Crippen molar-refractivity contribution in [2.75, 3.05) is 7.11 Å². The van der Waals surface area contributed by atoms with Gasteiger partial charge in [-0.2, -0.15) is 0 Å². The Morgan fingerprint density at radius 3 is 2.72 bits per heavy atom. The Morgan fingerprint density at radius 1 is 1.33 bits per heavy atom. The van der Waals surface area contributed by atoms with E-state index in [1.165, 1.54) is 18.9 Å². The van der Waals surface area contributed by atoms with Crippen LogP contribution in [0.3, 0.4) is 0 Å². The van der Waals surface area contributed by atoms with E-state index in [0.717, 1.165) is 19.3 Å². The Morgan fingerprint density at radius 2 is 2.11 bits per heavy atom. The van der Waals surface area contributed by atoms with Crippen LogP contribution in [0.5, 0.6) is 5.75 Å². The van der Waals surface area contributed by atoms with Crippen molar-refractivity contribution in [3.05, 3.63) is 29.6 Å². The molecule has 3 N–H and O–H groups in total. The maximum absolute atomic E-state index is 13.9. The zero-order valence-corrected chi connectivity index (χ0v) is 11.2. The summed E-state index contributed by atoms with van der Waals surface area (Å²) >= 11 is 0. The zero-order valence-electron chi connectivity index (χ0n) is 11.2. The second-order valence-corrected chi connectivity index (χ2v) is 4.42. The molecule has 1 aromatic rings. The summed E-state index contributed by atoms with van der Waals surface area (Å²) in [6, 6.07) is 4.64. The summed E-state index contributed by atoms with van der Waals surface area (Å²) < 4.78 is 19.1. The number of benzene rings is 1. The van der Waals surface area contributed by atoms with E-state index in [2.05, 4.69) is 12.3 Å². The van der Waals surface area contributed by atoms with Crippen molar-refractivity contribution in [2.45, 2.75) is 45.1 Å². The van der Waals surface area contributed by atoms with Crippen molar-refractivity contribution in [2.24, 2.45) is 5.84 Å². The molecule has 0 spiro atoms. The van der Waals surface area contributed by atoms with Gasteiger partial charge in [0.05, 0.1) is 13.2 Å². The topological polar surface area (TPSA) is 47.3 Å². The van der Waals surface area contributed by atoms with Crippen LogP contribution < -0.4 is 16.0 Å². The average Bonchev–Trinajstić information content (AvgIpc) is 2.39. The Hall–Kier alpha value is -1.13. The molecule has 4 heteroatoms. The molecule has 3 nitrogen and oxygen atoms in total. The van der Waals surface area contributed by atoms with E-state index in [1.807, 2.05) is 0 Å². The first-order valence-corrected chi connectivity index (χ1v) is 6.53. The van der Waals surface area contributed by atoms with Crippen molar-refractivity contribution in [1.82, 2.24) is 5.43 Å². The number of methoxy groups -OCH3 is 1. The highest BCUT2D eigenvalue weighted by Gasteiger charge is 2.18. The Balaban J connectivity index is 2.74. The molecule has 18 heavy (non-hydrogen) atoms. The summed E-state index contributed by atoms with van der Waals surface area (Å²) in [5.74, 6) is 5.82. The minimum absolute atomic E-state index is 0.196. The monoisotopic (exact) mass is 254 g/mol. The van der Waals surface area contributed by atoms with Crippen molar-refractivity contribution < 1.29 is 9.13 Å². The van der Waals surface area contributed by atoms with Crippen molar-refractivity contribution in [1.29, 1.82) is 0 Å². The van der Waals surface area contributed by atoms with E-state index in [1.54, 1.807) is 19.2 Å².